The molecule has 0 saturated carbocycles. The average Bonchev–Trinajstić information content (AvgIpc) is 2.68. The molecule has 150 valence electrons. The van der Waals surface area contributed by atoms with Crippen molar-refractivity contribution in [3.05, 3.63) is 29.8 Å². The molecule has 3 N–H and O–H groups in total. The minimum Gasteiger partial charge on any atom is -0.508 e. The van der Waals surface area contributed by atoms with E-state index in [1.165, 1.54) is 31.5 Å². The fraction of sp³-hybridized carbons (Fsp3) is 0.727. The molecular weight excluding hydrogens is 338 g/mol. The maximum Gasteiger partial charge on any atom is 0.115 e. The second-order valence-corrected chi connectivity index (χ2v) is 8.86. The molecule has 2 atom stereocenters. The number of likely N-dealkylation sites (tertiary alicyclic amines) is 1. The fourth-order valence-corrected chi connectivity index (χ4v) is 5.36. The van der Waals surface area contributed by atoms with Crippen LogP contribution < -0.4 is 5.32 Å². The van der Waals surface area contributed by atoms with Crippen molar-refractivity contribution in [2.24, 2.45) is 0 Å². The molecule has 1 aromatic rings. The van der Waals surface area contributed by atoms with Gasteiger partial charge in [-0.25, -0.2) is 0 Å². The number of phenols is 1. The van der Waals surface area contributed by atoms with Gasteiger partial charge < -0.3 is 15.5 Å². The highest BCUT2D eigenvalue weighted by Crippen LogP contribution is 2.34. The monoisotopic (exact) mass is 373 g/mol. The zero-order valence-corrected chi connectivity index (χ0v) is 16.4. The Morgan fingerprint density at radius 3 is 2.67 bits per heavy atom. The molecule has 0 aromatic heterocycles. The van der Waals surface area contributed by atoms with Crippen LogP contribution >= 0.6 is 0 Å². The number of aromatic hydroxyl groups is 1. The molecule has 0 amide bonds. The van der Waals surface area contributed by atoms with Crippen molar-refractivity contribution in [3.63, 3.8) is 0 Å². The highest BCUT2D eigenvalue weighted by molar-refractivity contribution is 5.27. The number of hydrogen-bond donors (Lipinski definition) is 3. The van der Waals surface area contributed by atoms with Crippen molar-refractivity contribution in [3.8, 4) is 5.75 Å². The summed E-state index contributed by atoms with van der Waals surface area (Å²) in [7, 11) is 0. The van der Waals surface area contributed by atoms with Crippen LogP contribution in [0, 0.1) is 0 Å². The Balaban J connectivity index is 1.24. The standard InChI is InChI=1S/C22H35N3O2/c26-20-6-3-5-18(15-20)16-24-13-8-19(9-14-24)23-17-22(27)10-4-12-25-11-2-1-7-21(22)25/h3,5-6,15,19,21,23,26-27H,1-2,4,7-14,16-17H2/t21-,22-/m1/s1. The van der Waals surface area contributed by atoms with Crippen molar-refractivity contribution < 1.29 is 10.2 Å². The highest BCUT2D eigenvalue weighted by atomic mass is 16.3. The Kier molecular flexibility index (Phi) is 6.02. The first-order valence-corrected chi connectivity index (χ1v) is 10.8. The normalized spacial score (nSPS) is 30.9. The van der Waals surface area contributed by atoms with Crippen LogP contribution in [0.2, 0.25) is 0 Å². The van der Waals surface area contributed by atoms with Gasteiger partial charge in [0.1, 0.15) is 5.75 Å². The molecule has 0 aliphatic carbocycles. The lowest BCUT2D eigenvalue weighted by Crippen LogP contribution is -2.63. The van der Waals surface area contributed by atoms with Crippen molar-refractivity contribution >= 4 is 0 Å². The lowest BCUT2D eigenvalue weighted by Gasteiger charge is -2.50. The summed E-state index contributed by atoms with van der Waals surface area (Å²) in [4.78, 5) is 5.00. The summed E-state index contributed by atoms with van der Waals surface area (Å²) in [6, 6.07) is 8.45. The number of nitrogens with one attached hydrogen (secondary N) is 1. The molecule has 5 heteroatoms. The molecule has 0 bridgehead atoms. The van der Waals surface area contributed by atoms with E-state index in [-0.39, 0.29) is 0 Å². The van der Waals surface area contributed by atoms with Gasteiger partial charge in [-0.2, -0.15) is 0 Å². The number of phenolic OH excluding ortho intramolecular Hbond substituents is 1. The summed E-state index contributed by atoms with van der Waals surface area (Å²) in [6.45, 7) is 6.12. The van der Waals surface area contributed by atoms with Crippen LogP contribution in [-0.2, 0) is 6.54 Å². The summed E-state index contributed by atoms with van der Waals surface area (Å²) in [5.74, 6) is 0.349. The topological polar surface area (TPSA) is 59.0 Å². The van der Waals surface area contributed by atoms with Crippen LogP contribution in [0.1, 0.15) is 50.5 Å². The summed E-state index contributed by atoms with van der Waals surface area (Å²) in [5.41, 5.74) is 0.632. The van der Waals surface area contributed by atoms with Crippen LogP contribution in [0.5, 0.6) is 5.75 Å². The van der Waals surface area contributed by atoms with Crippen LogP contribution in [-0.4, -0.2) is 70.4 Å². The lowest BCUT2D eigenvalue weighted by molar-refractivity contribution is -0.0935. The number of nitrogens with zero attached hydrogens (tertiary/aromatic N) is 2. The van der Waals surface area contributed by atoms with Crippen molar-refractivity contribution in [2.45, 2.75) is 69.2 Å². The molecule has 3 aliphatic heterocycles. The maximum absolute atomic E-state index is 11.3. The van der Waals surface area contributed by atoms with E-state index < -0.39 is 5.60 Å². The predicted molar refractivity (Wildman–Crippen MR) is 108 cm³/mol. The van der Waals surface area contributed by atoms with Crippen molar-refractivity contribution in [1.29, 1.82) is 0 Å². The number of piperidine rings is 3. The number of hydrogen-bond acceptors (Lipinski definition) is 5. The first-order valence-electron chi connectivity index (χ1n) is 10.8. The molecule has 3 heterocycles. The first-order chi connectivity index (χ1) is 13.1. The number of fused-ring (bicyclic) bond motifs is 1. The Morgan fingerprint density at radius 1 is 1.04 bits per heavy atom. The van der Waals surface area contributed by atoms with Gasteiger partial charge >= 0.3 is 0 Å². The Bertz CT molecular complexity index is 615. The van der Waals surface area contributed by atoms with E-state index in [1.807, 2.05) is 12.1 Å². The van der Waals surface area contributed by atoms with Gasteiger partial charge in [0.05, 0.1) is 5.60 Å². The van der Waals surface area contributed by atoms with Crippen LogP contribution in [0.4, 0.5) is 0 Å². The molecule has 3 aliphatic rings. The fourth-order valence-electron chi connectivity index (χ4n) is 5.36. The second-order valence-electron chi connectivity index (χ2n) is 8.86. The zero-order chi connectivity index (χ0) is 18.7. The highest BCUT2D eigenvalue weighted by Gasteiger charge is 2.43. The Labute approximate surface area is 163 Å². The largest absolute Gasteiger partial charge is 0.508 e. The molecular formula is C22H35N3O2. The van der Waals surface area contributed by atoms with Gasteiger partial charge in [0.25, 0.3) is 0 Å². The van der Waals surface area contributed by atoms with E-state index >= 15 is 0 Å². The quantitative estimate of drug-likeness (QED) is 0.740. The maximum atomic E-state index is 11.3. The molecule has 4 rings (SSSR count). The van der Waals surface area contributed by atoms with Crippen molar-refractivity contribution in [1.82, 2.24) is 15.1 Å². The van der Waals surface area contributed by atoms with Crippen LogP contribution in [0.25, 0.3) is 0 Å². The molecule has 0 radical (unpaired) electrons. The van der Waals surface area contributed by atoms with E-state index in [0.29, 0.717) is 17.8 Å². The third-order valence-corrected chi connectivity index (χ3v) is 6.89. The van der Waals surface area contributed by atoms with Crippen LogP contribution in [0.3, 0.4) is 0 Å². The van der Waals surface area contributed by atoms with Gasteiger partial charge in [0.15, 0.2) is 0 Å². The predicted octanol–water partition coefficient (Wildman–Crippen LogP) is 2.33. The number of benzene rings is 1. The first kappa shape index (κ1) is 19.2. The second kappa shape index (κ2) is 8.48. The van der Waals surface area contributed by atoms with Gasteiger partial charge in [-0.15, -0.1) is 0 Å². The molecule has 3 saturated heterocycles. The van der Waals surface area contributed by atoms with Gasteiger partial charge in [0.2, 0.25) is 0 Å². The SMILES string of the molecule is Oc1cccc(CN2CCC(NC[C@]3(O)CCCN4CCCC[C@@H]43)CC2)c1. The molecule has 0 unspecified atom stereocenters. The third kappa shape index (κ3) is 4.65. The summed E-state index contributed by atoms with van der Waals surface area (Å²) in [6.07, 6.45) is 8.02. The van der Waals surface area contributed by atoms with E-state index in [0.717, 1.165) is 58.3 Å². The summed E-state index contributed by atoms with van der Waals surface area (Å²) in [5, 5.41) is 24.7. The molecule has 5 nitrogen and oxygen atoms in total. The average molecular weight is 374 g/mol. The van der Waals surface area contributed by atoms with E-state index in [4.69, 9.17) is 0 Å². The van der Waals surface area contributed by atoms with E-state index in [9.17, 15) is 10.2 Å². The molecule has 27 heavy (non-hydrogen) atoms. The van der Waals surface area contributed by atoms with Gasteiger partial charge in [0, 0.05) is 25.2 Å². The summed E-state index contributed by atoms with van der Waals surface area (Å²) < 4.78 is 0. The molecule has 0 spiro atoms. The minimum absolute atomic E-state index is 0.349. The number of rotatable bonds is 5. The van der Waals surface area contributed by atoms with E-state index in [1.54, 1.807) is 6.07 Å². The lowest BCUT2D eigenvalue weighted by atomic mass is 9.79. The van der Waals surface area contributed by atoms with Crippen molar-refractivity contribution in [2.75, 3.05) is 32.7 Å². The zero-order valence-electron chi connectivity index (χ0n) is 16.4. The van der Waals surface area contributed by atoms with Gasteiger partial charge in [-0.05, 0) is 82.4 Å². The van der Waals surface area contributed by atoms with Crippen LogP contribution in [0.15, 0.2) is 24.3 Å². The molecule has 3 fully saturated rings. The Morgan fingerprint density at radius 2 is 1.85 bits per heavy atom. The smallest absolute Gasteiger partial charge is 0.115 e. The molecule has 1 aromatic carbocycles. The van der Waals surface area contributed by atoms with Gasteiger partial charge in [-0.3, -0.25) is 9.80 Å². The van der Waals surface area contributed by atoms with Gasteiger partial charge in [-0.1, -0.05) is 18.6 Å². The third-order valence-electron chi connectivity index (χ3n) is 6.89. The number of aliphatic hydroxyl groups is 1. The summed E-state index contributed by atoms with van der Waals surface area (Å²) >= 11 is 0. The Hall–Kier alpha value is -1.14. The van der Waals surface area contributed by atoms with E-state index in [2.05, 4.69) is 21.2 Å². The minimum atomic E-state index is -0.544.